The minimum Gasteiger partial charge on any atom is -0.497 e. The zero-order valence-electron chi connectivity index (χ0n) is 14.7. The van der Waals surface area contributed by atoms with Crippen LogP contribution in [0, 0.1) is 0 Å². The lowest BCUT2D eigenvalue weighted by molar-refractivity contribution is 0.187. The van der Waals surface area contributed by atoms with E-state index in [4.69, 9.17) is 9.15 Å². The van der Waals surface area contributed by atoms with Crippen LogP contribution >= 0.6 is 11.3 Å². The number of carbonyl (C=O) groups is 1. The van der Waals surface area contributed by atoms with Gasteiger partial charge in [-0.1, -0.05) is 12.1 Å². The Balaban J connectivity index is 1.55. The lowest BCUT2D eigenvalue weighted by Crippen LogP contribution is -2.39. The van der Waals surface area contributed by atoms with E-state index in [1.165, 1.54) is 0 Å². The van der Waals surface area contributed by atoms with E-state index >= 15 is 0 Å². The van der Waals surface area contributed by atoms with Crippen LogP contribution in [0.25, 0.3) is 0 Å². The second kappa shape index (κ2) is 9.10. The lowest BCUT2D eigenvalue weighted by Gasteiger charge is -2.22. The summed E-state index contributed by atoms with van der Waals surface area (Å²) in [7, 11) is 1.65. The molecule has 0 radical (unpaired) electrons. The molecule has 2 amide bonds. The Hall–Kier alpha value is -2.73. The van der Waals surface area contributed by atoms with Crippen LogP contribution in [-0.2, 0) is 19.5 Å². The first-order chi connectivity index (χ1) is 12.7. The second-order valence-electron chi connectivity index (χ2n) is 5.90. The zero-order chi connectivity index (χ0) is 18.2. The number of ether oxygens (including phenoxy) is 1. The molecule has 136 valence electrons. The molecule has 2 heterocycles. The quantitative estimate of drug-likeness (QED) is 0.643. The fraction of sp³-hybridized carbons (Fsp3) is 0.250. The van der Waals surface area contributed by atoms with Crippen LogP contribution in [0.15, 0.2) is 63.9 Å². The number of hydrogen-bond donors (Lipinski definition) is 1. The molecular formula is C20H22N2O3S. The Labute approximate surface area is 157 Å². The van der Waals surface area contributed by atoms with Gasteiger partial charge < -0.3 is 19.4 Å². The Morgan fingerprint density at radius 1 is 1.15 bits per heavy atom. The van der Waals surface area contributed by atoms with Gasteiger partial charge in [-0.25, -0.2) is 4.79 Å². The van der Waals surface area contributed by atoms with Gasteiger partial charge in [-0.2, -0.15) is 11.3 Å². The Kier molecular flexibility index (Phi) is 6.33. The van der Waals surface area contributed by atoms with Gasteiger partial charge in [-0.05, 0) is 58.6 Å². The van der Waals surface area contributed by atoms with Gasteiger partial charge in [-0.15, -0.1) is 0 Å². The van der Waals surface area contributed by atoms with Crippen LogP contribution < -0.4 is 10.1 Å². The number of rotatable bonds is 8. The molecule has 0 aliphatic rings. The number of urea groups is 1. The molecule has 0 atom stereocenters. The predicted molar refractivity (Wildman–Crippen MR) is 102 cm³/mol. The number of nitrogens with zero attached hydrogens (tertiary/aromatic N) is 1. The van der Waals surface area contributed by atoms with E-state index in [1.54, 1.807) is 29.6 Å². The average molecular weight is 370 g/mol. The highest BCUT2D eigenvalue weighted by atomic mass is 32.1. The molecule has 5 nitrogen and oxygen atoms in total. The minimum atomic E-state index is -0.0962. The monoisotopic (exact) mass is 370 g/mol. The second-order valence-corrected chi connectivity index (χ2v) is 6.68. The summed E-state index contributed by atoms with van der Waals surface area (Å²) in [5.74, 6) is 1.60. The third kappa shape index (κ3) is 5.13. The van der Waals surface area contributed by atoms with Gasteiger partial charge in [0, 0.05) is 13.1 Å². The van der Waals surface area contributed by atoms with Crippen LogP contribution in [0.5, 0.6) is 5.75 Å². The number of benzene rings is 1. The first-order valence-electron chi connectivity index (χ1n) is 8.44. The summed E-state index contributed by atoms with van der Waals surface area (Å²) in [6.45, 7) is 1.57. The first-order valence-corrected chi connectivity index (χ1v) is 9.38. The van der Waals surface area contributed by atoms with E-state index in [-0.39, 0.29) is 6.03 Å². The molecule has 1 aromatic carbocycles. The van der Waals surface area contributed by atoms with Gasteiger partial charge in [0.2, 0.25) is 0 Å². The maximum atomic E-state index is 12.6. The van der Waals surface area contributed by atoms with Crippen molar-refractivity contribution in [1.29, 1.82) is 0 Å². The van der Waals surface area contributed by atoms with Crippen LogP contribution in [0.2, 0.25) is 0 Å². The lowest BCUT2D eigenvalue weighted by atomic mass is 10.1. The Bertz CT molecular complexity index is 747. The number of amides is 2. The highest BCUT2D eigenvalue weighted by molar-refractivity contribution is 7.07. The van der Waals surface area contributed by atoms with Gasteiger partial charge in [0.15, 0.2) is 0 Å². The zero-order valence-corrected chi connectivity index (χ0v) is 15.5. The molecule has 3 aromatic rings. The molecular weight excluding hydrogens is 348 g/mol. The van der Waals surface area contributed by atoms with Gasteiger partial charge in [-0.3, -0.25) is 0 Å². The van der Waals surface area contributed by atoms with Crippen molar-refractivity contribution in [1.82, 2.24) is 10.2 Å². The summed E-state index contributed by atoms with van der Waals surface area (Å²) in [5.41, 5.74) is 2.27. The summed E-state index contributed by atoms with van der Waals surface area (Å²) in [6, 6.07) is 13.5. The van der Waals surface area contributed by atoms with Crippen LogP contribution in [-0.4, -0.2) is 24.6 Å². The van der Waals surface area contributed by atoms with E-state index in [0.717, 1.165) is 29.1 Å². The van der Waals surface area contributed by atoms with E-state index < -0.39 is 0 Å². The number of methoxy groups -OCH3 is 1. The molecule has 0 aliphatic carbocycles. The summed E-state index contributed by atoms with van der Waals surface area (Å²) >= 11 is 1.63. The van der Waals surface area contributed by atoms with Crippen LogP contribution in [0.1, 0.15) is 16.9 Å². The maximum absolute atomic E-state index is 12.6. The molecule has 6 heteroatoms. The minimum absolute atomic E-state index is 0.0962. The Morgan fingerprint density at radius 2 is 2.00 bits per heavy atom. The van der Waals surface area contributed by atoms with E-state index in [2.05, 4.69) is 10.7 Å². The van der Waals surface area contributed by atoms with Gasteiger partial charge in [0.05, 0.1) is 19.9 Å². The fourth-order valence-corrected chi connectivity index (χ4v) is 3.27. The summed E-state index contributed by atoms with van der Waals surface area (Å²) in [6.07, 6.45) is 2.39. The molecule has 3 rings (SSSR count). The highest BCUT2D eigenvalue weighted by Gasteiger charge is 2.15. The average Bonchev–Trinajstić information content (AvgIpc) is 3.36. The summed E-state index contributed by atoms with van der Waals surface area (Å²) in [4.78, 5) is 14.4. The van der Waals surface area contributed by atoms with Crippen molar-refractivity contribution in [2.24, 2.45) is 0 Å². The molecule has 26 heavy (non-hydrogen) atoms. The molecule has 1 N–H and O–H groups in total. The van der Waals surface area contributed by atoms with Crippen molar-refractivity contribution in [3.05, 3.63) is 76.4 Å². The number of furan rings is 1. The van der Waals surface area contributed by atoms with Gasteiger partial charge >= 0.3 is 6.03 Å². The van der Waals surface area contributed by atoms with Crippen molar-refractivity contribution < 1.29 is 13.9 Å². The molecule has 0 saturated heterocycles. The van der Waals surface area contributed by atoms with Crippen LogP contribution in [0.4, 0.5) is 4.79 Å². The third-order valence-corrected chi connectivity index (χ3v) is 4.75. The molecule has 0 saturated carbocycles. The number of hydrogen-bond acceptors (Lipinski definition) is 4. The molecule has 0 fully saturated rings. The number of carbonyl (C=O) groups excluding carboxylic acids is 1. The smallest absolute Gasteiger partial charge is 0.318 e. The van der Waals surface area contributed by atoms with Crippen molar-refractivity contribution in [3.63, 3.8) is 0 Å². The van der Waals surface area contributed by atoms with E-state index in [1.807, 2.05) is 47.8 Å². The Morgan fingerprint density at radius 3 is 2.65 bits per heavy atom. The van der Waals surface area contributed by atoms with Crippen molar-refractivity contribution in [3.8, 4) is 5.75 Å². The summed E-state index contributed by atoms with van der Waals surface area (Å²) in [5, 5.41) is 7.07. The standard InChI is InChI=1S/C20H22N2O3S/c1-24-18-6-4-16(5-7-18)8-10-21-20(23)22(13-17-9-12-26-15-17)14-19-3-2-11-25-19/h2-7,9,11-12,15H,8,10,13-14H2,1H3,(H,21,23). The molecule has 0 unspecified atom stereocenters. The first kappa shape index (κ1) is 18.1. The summed E-state index contributed by atoms with van der Waals surface area (Å²) < 4.78 is 10.6. The third-order valence-electron chi connectivity index (χ3n) is 4.02. The van der Waals surface area contributed by atoms with Crippen molar-refractivity contribution in [2.75, 3.05) is 13.7 Å². The van der Waals surface area contributed by atoms with Crippen molar-refractivity contribution in [2.45, 2.75) is 19.5 Å². The van der Waals surface area contributed by atoms with Gasteiger partial charge in [0.1, 0.15) is 11.5 Å². The highest BCUT2D eigenvalue weighted by Crippen LogP contribution is 2.14. The molecule has 0 spiro atoms. The molecule has 0 bridgehead atoms. The SMILES string of the molecule is COc1ccc(CCNC(=O)N(Cc2ccsc2)Cc2ccco2)cc1. The maximum Gasteiger partial charge on any atom is 0.318 e. The number of thiophene rings is 1. The topological polar surface area (TPSA) is 54.7 Å². The van der Waals surface area contributed by atoms with Crippen LogP contribution in [0.3, 0.4) is 0 Å². The van der Waals surface area contributed by atoms with Crippen molar-refractivity contribution >= 4 is 17.4 Å². The van der Waals surface area contributed by atoms with Gasteiger partial charge in [0.25, 0.3) is 0 Å². The normalized spacial score (nSPS) is 10.5. The van der Waals surface area contributed by atoms with E-state index in [0.29, 0.717) is 19.6 Å². The predicted octanol–water partition coefficient (Wildman–Crippen LogP) is 4.30. The molecule has 2 aromatic heterocycles. The van der Waals surface area contributed by atoms with E-state index in [9.17, 15) is 4.79 Å². The molecule has 0 aliphatic heterocycles. The fourth-order valence-electron chi connectivity index (χ4n) is 2.61. The largest absolute Gasteiger partial charge is 0.497 e. The number of nitrogens with one attached hydrogen (secondary N) is 1.